The van der Waals surface area contributed by atoms with Gasteiger partial charge >= 0.3 is 0 Å². The lowest BCUT2D eigenvalue weighted by Gasteiger charge is -2.38. The molecule has 2 aliphatic carbocycles. The summed E-state index contributed by atoms with van der Waals surface area (Å²) in [7, 11) is -3.72. The highest BCUT2D eigenvalue weighted by Crippen LogP contribution is 2.64. The molecule has 3 rings (SSSR count). The lowest BCUT2D eigenvalue weighted by molar-refractivity contribution is -0.128. The third-order valence-electron chi connectivity index (χ3n) is 5.64. The number of sulfonamides is 1. The lowest BCUT2D eigenvalue weighted by atomic mass is 9.70. The quantitative estimate of drug-likeness (QED) is 0.829. The van der Waals surface area contributed by atoms with Gasteiger partial charge in [-0.25, -0.2) is 8.42 Å². The summed E-state index contributed by atoms with van der Waals surface area (Å²) in [5, 5.41) is 0.528. The van der Waals surface area contributed by atoms with Gasteiger partial charge in [0.1, 0.15) is 5.78 Å². The van der Waals surface area contributed by atoms with Gasteiger partial charge in [0.05, 0.1) is 10.0 Å². The fourth-order valence-corrected chi connectivity index (χ4v) is 6.05. The number of carbonyl (C=O) groups excluding carboxylic acids is 1. The van der Waals surface area contributed by atoms with Crippen LogP contribution in [0.15, 0.2) is 24.3 Å². The predicted octanol–water partition coefficient (Wildman–Crippen LogP) is 4.07. The number of benzene rings is 1. The van der Waals surface area contributed by atoms with Crippen molar-refractivity contribution in [2.45, 2.75) is 33.1 Å². The molecular formula is C16H19ClNO3S-. The molecule has 0 amide bonds. The zero-order valence-corrected chi connectivity index (χ0v) is 14.2. The summed E-state index contributed by atoms with van der Waals surface area (Å²) in [6.45, 7) is 4.04. The van der Waals surface area contributed by atoms with Gasteiger partial charge in [0.2, 0.25) is 0 Å². The average molecular weight is 341 g/mol. The van der Waals surface area contributed by atoms with Gasteiger partial charge in [-0.05, 0) is 36.3 Å². The maximum absolute atomic E-state index is 12.5. The first kappa shape index (κ1) is 15.8. The Labute approximate surface area is 136 Å². The van der Waals surface area contributed by atoms with Crippen LogP contribution in [-0.4, -0.2) is 20.0 Å². The minimum atomic E-state index is -3.72. The molecule has 6 heteroatoms. The summed E-state index contributed by atoms with van der Waals surface area (Å²) in [5.74, 6) is 0.194. The molecule has 0 N–H and O–H groups in total. The Kier molecular flexibility index (Phi) is 3.57. The zero-order chi connectivity index (χ0) is 16.2. The summed E-state index contributed by atoms with van der Waals surface area (Å²) in [4.78, 5) is 12.4. The Morgan fingerprint density at radius 2 is 1.91 bits per heavy atom. The van der Waals surface area contributed by atoms with Crippen LogP contribution < -0.4 is 0 Å². The maximum Gasteiger partial charge on any atom is 0.140 e. The van der Waals surface area contributed by atoms with E-state index >= 15 is 0 Å². The summed E-state index contributed by atoms with van der Waals surface area (Å²) in [5.41, 5.74) is -0.697. The Morgan fingerprint density at radius 1 is 1.27 bits per heavy atom. The Bertz CT molecular complexity index is 711. The van der Waals surface area contributed by atoms with Crippen molar-refractivity contribution in [1.82, 2.24) is 0 Å². The zero-order valence-electron chi connectivity index (χ0n) is 12.7. The molecule has 1 aromatic rings. The number of rotatable bonds is 4. The first-order valence-electron chi connectivity index (χ1n) is 7.41. The normalized spacial score (nSPS) is 29.8. The molecule has 2 unspecified atom stereocenters. The van der Waals surface area contributed by atoms with E-state index in [2.05, 4.69) is 4.72 Å². The van der Waals surface area contributed by atoms with Crippen molar-refractivity contribution < 1.29 is 13.2 Å². The third-order valence-corrected chi connectivity index (χ3v) is 7.24. The van der Waals surface area contributed by atoms with Crippen molar-refractivity contribution >= 4 is 33.1 Å². The van der Waals surface area contributed by atoms with E-state index in [9.17, 15) is 13.2 Å². The van der Waals surface area contributed by atoms with Crippen LogP contribution in [0.3, 0.4) is 0 Å². The number of hydrogen-bond donors (Lipinski definition) is 0. The second-order valence-electron chi connectivity index (χ2n) is 6.96. The van der Waals surface area contributed by atoms with E-state index < -0.39 is 15.4 Å². The van der Waals surface area contributed by atoms with Gasteiger partial charge in [-0.2, -0.15) is 0 Å². The second-order valence-corrected chi connectivity index (χ2v) is 9.03. The van der Waals surface area contributed by atoms with E-state index in [1.165, 1.54) is 0 Å². The molecule has 2 saturated carbocycles. The van der Waals surface area contributed by atoms with Crippen LogP contribution in [0.5, 0.6) is 0 Å². The summed E-state index contributed by atoms with van der Waals surface area (Å²) < 4.78 is 28.9. The molecule has 120 valence electrons. The smallest absolute Gasteiger partial charge is 0.140 e. The highest BCUT2D eigenvalue weighted by molar-refractivity contribution is 7.94. The minimum absolute atomic E-state index is 0.0867. The standard InChI is InChI=1S/C16H19ClNO3S/c1-15(2)11-7-8-16(15,14(19)9-11)10-22(20,21)18-13-5-3-12(17)4-6-13/h3-6,11H,7-10H2,1-2H3/q-1. The molecular weight excluding hydrogens is 322 g/mol. The first-order valence-corrected chi connectivity index (χ1v) is 9.40. The Balaban J connectivity index is 1.85. The maximum atomic E-state index is 12.5. The van der Waals surface area contributed by atoms with Crippen LogP contribution in [0.2, 0.25) is 5.02 Å². The number of fused-ring (bicyclic) bond motifs is 2. The molecule has 2 bridgehead atoms. The molecule has 0 heterocycles. The van der Waals surface area contributed by atoms with E-state index in [0.717, 1.165) is 6.42 Å². The second kappa shape index (κ2) is 4.96. The molecule has 22 heavy (non-hydrogen) atoms. The van der Waals surface area contributed by atoms with Crippen LogP contribution >= 0.6 is 11.6 Å². The SMILES string of the molecule is CC1(C)C2CCC1(CS(=O)(=O)[N-]c1ccc(Cl)cc1)C(=O)C2. The van der Waals surface area contributed by atoms with Crippen molar-refractivity contribution in [2.75, 3.05) is 5.75 Å². The summed E-state index contributed by atoms with van der Waals surface area (Å²) in [6, 6.07) is 6.34. The molecule has 0 aliphatic heterocycles. The fraction of sp³-hybridized carbons (Fsp3) is 0.562. The highest BCUT2D eigenvalue weighted by atomic mass is 35.5. The minimum Gasteiger partial charge on any atom is -0.577 e. The summed E-state index contributed by atoms with van der Waals surface area (Å²) >= 11 is 5.79. The molecule has 0 spiro atoms. The molecule has 0 saturated heterocycles. The van der Waals surface area contributed by atoms with Crippen LogP contribution in [0.1, 0.15) is 33.1 Å². The van der Waals surface area contributed by atoms with Gasteiger partial charge in [0.25, 0.3) is 0 Å². The van der Waals surface area contributed by atoms with Crippen molar-refractivity contribution in [1.29, 1.82) is 0 Å². The number of Topliss-reactive ketones (excluding diaryl/α,β-unsaturated/α-hetero) is 1. The average Bonchev–Trinajstić information content (AvgIpc) is 2.74. The van der Waals surface area contributed by atoms with Crippen molar-refractivity contribution in [2.24, 2.45) is 16.7 Å². The Morgan fingerprint density at radius 3 is 2.41 bits per heavy atom. The van der Waals surface area contributed by atoms with E-state index in [1.807, 2.05) is 13.8 Å². The molecule has 1 aromatic carbocycles. The van der Waals surface area contributed by atoms with Crippen LogP contribution in [0.4, 0.5) is 5.69 Å². The number of ketones is 1. The van der Waals surface area contributed by atoms with Crippen molar-refractivity contribution in [3.63, 3.8) is 0 Å². The van der Waals surface area contributed by atoms with Crippen molar-refractivity contribution in [3.8, 4) is 0 Å². The predicted molar refractivity (Wildman–Crippen MR) is 86.8 cm³/mol. The van der Waals surface area contributed by atoms with Gasteiger partial charge in [0, 0.05) is 22.6 Å². The largest absolute Gasteiger partial charge is 0.577 e. The topological polar surface area (TPSA) is 65.3 Å². The number of halogens is 1. The van der Waals surface area contributed by atoms with E-state index in [-0.39, 0.29) is 17.0 Å². The third kappa shape index (κ3) is 2.35. The van der Waals surface area contributed by atoms with Gasteiger partial charge in [-0.1, -0.05) is 37.6 Å². The van der Waals surface area contributed by atoms with Gasteiger partial charge in [-0.15, -0.1) is 5.69 Å². The number of nitrogens with zero attached hydrogens (tertiary/aromatic N) is 1. The number of carbonyl (C=O) groups is 1. The lowest BCUT2D eigenvalue weighted by Crippen LogP contribution is -2.41. The molecule has 0 aromatic heterocycles. The van der Waals surface area contributed by atoms with Crippen LogP contribution in [0.25, 0.3) is 4.72 Å². The molecule has 2 fully saturated rings. The highest BCUT2D eigenvalue weighted by Gasteiger charge is 2.64. The summed E-state index contributed by atoms with van der Waals surface area (Å²) in [6.07, 6.45) is 2.08. The van der Waals surface area contributed by atoms with E-state index in [4.69, 9.17) is 11.6 Å². The molecule has 4 nitrogen and oxygen atoms in total. The van der Waals surface area contributed by atoms with Gasteiger partial charge < -0.3 is 4.72 Å². The van der Waals surface area contributed by atoms with Crippen molar-refractivity contribution in [3.05, 3.63) is 34.0 Å². The number of hydrogen-bond acceptors (Lipinski definition) is 3. The monoisotopic (exact) mass is 340 g/mol. The van der Waals surface area contributed by atoms with Crippen LogP contribution in [-0.2, 0) is 14.8 Å². The molecule has 2 atom stereocenters. The van der Waals surface area contributed by atoms with E-state index in [0.29, 0.717) is 29.5 Å². The van der Waals surface area contributed by atoms with Gasteiger partial charge in [0.15, 0.2) is 0 Å². The van der Waals surface area contributed by atoms with Crippen LogP contribution in [0, 0.1) is 16.7 Å². The molecule has 0 radical (unpaired) electrons. The first-order chi connectivity index (χ1) is 10.2. The Hall–Kier alpha value is -1.07. The molecule has 2 aliphatic rings. The van der Waals surface area contributed by atoms with E-state index in [1.54, 1.807) is 24.3 Å². The fourth-order valence-electron chi connectivity index (χ4n) is 4.11. The van der Waals surface area contributed by atoms with Gasteiger partial charge in [-0.3, -0.25) is 4.79 Å².